The Labute approximate surface area is 83.0 Å². The third kappa shape index (κ3) is 1.92. The Balaban J connectivity index is 2.18. The molecule has 0 saturated carbocycles. The van der Waals surface area contributed by atoms with Gasteiger partial charge in [0.1, 0.15) is 0 Å². The summed E-state index contributed by atoms with van der Waals surface area (Å²) < 4.78 is 5.34. The van der Waals surface area contributed by atoms with Crippen LogP contribution in [0.1, 0.15) is 34.3 Å². The van der Waals surface area contributed by atoms with Crippen LogP contribution in [0.25, 0.3) is 0 Å². The first-order chi connectivity index (χ1) is 6.27. The Morgan fingerprint density at radius 2 is 2.00 bits per heavy atom. The molecular weight excluding hydrogens is 182 g/mol. The molecule has 0 spiro atoms. The van der Waals surface area contributed by atoms with Crippen molar-refractivity contribution < 1.29 is 4.74 Å². The Bertz CT molecular complexity index is 289. The standard InChI is InChI=1S/C10H15NOS/c1-7-10(11-8(2)13-7)9-3-5-12-6-4-9/h9H,3-6H2,1-2H3. The minimum Gasteiger partial charge on any atom is -0.381 e. The van der Waals surface area contributed by atoms with Crippen molar-refractivity contribution in [3.63, 3.8) is 0 Å². The van der Waals surface area contributed by atoms with Gasteiger partial charge in [0, 0.05) is 24.0 Å². The van der Waals surface area contributed by atoms with E-state index in [0.29, 0.717) is 5.92 Å². The molecule has 2 rings (SSSR count). The molecule has 2 nitrogen and oxygen atoms in total. The van der Waals surface area contributed by atoms with Crippen molar-refractivity contribution in [3.05, 3.63) is 15.6 Å². The number of hydrogen-bond acceptors (Lipinski definition) is 3. The highest BCUT2D eigenvalue weighted by molar-refractivity contribution is 7.11. The highest BCUT2D eigenvalue weighted by Crippen LogP contribution is 2.30. The number of nitrogens with zero attached hydrogens (tertiary/aromatic N) is 1. The lowest BCUT2D eigenvalue weighted by Gasteiger charge is -2.20. The van der Waals surface area contributed by atoms with Gasteiger partial charge in [-0.05, 0) is 26.7 Å². The van der Waals surface area contributed by atoms with E-state index in [0.717, 1.165) is 26.1 Å². The van der Waals surface area contributed by atoms with E-state index in [-0.39, 0.29) is 0 Å². The maximum atomic E-state index is 5.34. The molecule has 2 heterocycles. The van der Waals surface area contributed by atoms with E-state index in [4.69, 9.17) is 4.74 Å². The lowest BCUT2D eigenvalue weighted by Crippen LogP contribution is -2.14. The van der Waals surface area contributed by atoms with Crippen LogP contribution in [0.4, 0.5) is 0 Å². The largest absolute Gasteiger partial charge is 0.381 e. The van der Waals surface area contributed by atoms with Gasteiger partial charge in [-0.15, -0.1) is 11.3 Å². The first-order valence-corrected chi connectivity index (χ1v) is 5.60. The second-order valence-corrected chi connectivity index (χ2v) is 4.97. The minimum atomic E-state index is 0.652. The van der Waals surface area contributed by atoms with Crippen LogP contribution >= 0.6 is 11.3 Å². The fourth-order valence-corrected chi connectivity index (χ4v) is 2.80. The molecule has 1 aromatic heterocycles. The molecule has 72 valence electrons. The zero-order valence-electron chi connectivity index (χ0n) is 8.17. The zero-order chi connectivity index (χ0) is 9.26. The summed E-state index contributed by atoms with van der Waals surface area (Å²) in [7, 11) is 0. The fraction of sp³-hybridized carbons (Fsp3) is 0.700. The monoisotopic (exact) mass is 197 g/mol. The molecule has 1 aromatic rings. The first-order valence-electron chi connectivity index (χ1n) is 4.79. The number of rotatable bonds is 1. The van der Waals surface area contributed by atoms with Gasteiger partial charge in [-0.2, -0.15) is 0 Å². The summed E-state index contributed by atoms with van der Waals surface area (Å²) in [6.45, 7) is 6.07. The molecule has 1 aliphatic rings. The van der Waals surface area contributed by atoms with E-state index in [1.165, 1.54) is 15.6 Å². The molecule has 1 aliphatic heterocycles. The molecule has 0 aromatic carbocycles. The fourth-order valence-electron chi connectivity index (χ4n) is 1.89. The van der Waals surface area contributed by atoms with Gasteiger partial charge in [0.15, 0.2) is 0 Å². The molecule has 3 heteroatoms. The quantitative estimate of drug-likeness (QED) is 0.690. The summed E-state index contributed by atoms with van der Waals surface area (Å²) in [5, 5.41) is 1.19. The van der Waals surface area contributed by atoms with Crippen LogP contribution in [0.15, 0.2) is 0 Å². The topological polar surface area (TPSA) is 22.1 Å². The van der Waals surface area contributed by atoms with Gasteiger partial charge in [0.2, 0.25) is 0 Å². The van der Waals surface area contributed by atoms with Crippen molar-refractivity contribution in [3.8, 4) is 0 Å². The van der Waals surface area contributed by atoms with Crippen LogP contribution in [0.3, 0.4) is 0 Å². The second kappa shape index (κ2) is 3.76. The minimum absolute atomic E-state index is 0.652. The number of aryl methyl sites for hydroxylation is 2. The molecule has 1 fully saturated rings. The molecule has 0 radical (unpaired) electrons. The predicted molar refractivity (Wildman–Crippen MR) is 54.4 cm³/mol. The van der Waals surface area contributed by atoms with E-state index in [1.807, 2.05) is 11.3 Å². The summed E-state index contributed by atoms with van der Waals surface area (Å²) in [5.41, 5.74) is 1.32. The summed E-state index contributed by atoms with van der Waals surface area (Å²) in [4.78, 5) is 5.99. The average molecular weight is 197 g/mol. The van der Waals surface area contributed by atoms with Crippen LogP contribution in [0.2, 0.25) is 0 Å². The van der Waals surface area contributed by atoms with Crippen molar-refractivity contribution in [2.45, 2.75) is 32.6 Å². The maximum Gasteiger partial charge on any atom is 0.0900 e. The van der Waals surface area contributed by atoms with Gasteiger partial charge in [0.25, 0.3) is 0 Å². The van der Waals surface area contributed by atoms with Gasteiger partial charge in [-0.1, -0.05) is 0 Å². The first kappa shape index (κ1) is 9.16. The van der Waals surface area contributed by atoms with Crippen molar-refractivity contribution in [2.75, 3.05) is 13.2 Å². The number of hydrogen-bond donors (Lipinski definition) is 0. The number of thiazole rings is 1. The molecule has 0 unspecified atom stereocenters. The number of aromatic nitrogens is 1. The van der Waals surface area contributed by atoms with Crippen LogP contribution in [0, 0.1) is 13.8 Å². The van der Waals surface area contributed by atoms with Crippen molar-refractivity contribution in [1.82, 2.24) is 4.98 Å². The van der Waals surface area contributed by atoms with E-state index in [2.05, 4.69) is 18.8 Å². The number of ether oxygens (including phenoxy) is 1. The smallest absolute Gasteiger partial charge is 0.0900 e. The van der Waals surface area contributed by atoms with Gasteiger partial charge in [-0.3, -0.25) is 0 Å². The lowest BCUT2D eigenvalue weighted by atomic mass is 9.96. The molecule has 0 amide bonds. The van der Waals surface area contributed by atoms with Crippen LogP contribution in [0.5, 0.6) is 0 Å². The molecular formula is C10H15NOS. The summed E-state index contributed by atoms with van der Waals surface area (Å²) in [6, 6.07) is 0. The molecule has 0 N–H and O–H groups in total. The SMILES string of the molecule is Cc1nc(C2CCOCC2)c(C)s1. The van der Waals surface area contributed by atoms with Crippen molar-refractivity contribution in [1.29, 1.82) is 0 Å². The van der Waals surface area contributed by atoms with Crippen LogP contribution in [-0.2, 0) is 4.74 Å². The molecule has 13 heavy (non-hydrogen) atoms. The van der Waals surface area contributed by atoms with Crippen LogP contribution < -0.4 is 0 Å². The summed E-state index contributed by atoms with van der Waals surface area (Å²) >= 11 is 1.81. The van der Waals surface area contributed by atoms with E-state index >= 15 is 0 Å². The van der Waals surface area contributed by atoms with Gasteiger partial charge < -0.3 is 4.74 Å². The summed E-state index contributed by atoms with van der Waals surface area (Å²) in [5.74, 6) is 0.652. The van der Waals surface area contributed by atoms with E-state index in [9.17, 15) is 0 Å². The van der Waals surface area contributed by atoms with E-state index in [1.54, 1.807) is 0 Å². The highest BCUT2D eigenvalue weighted by atomic mass is 32.1. The maximum absolute atomic E-state index is 5.34. The zero-order valence-corrected chi connectivity index (χ0v) is 8.99. The highest BCUT2D eigenvalue weighted by Gasteiger charge is 2.20. The Kier molecular flexibility index (Phi) is 2.65. The Morgan fingerprint density at radius 1 is 1.31 bits per heavy atom. The Hall–Kier alpha value is -0.410. The molecule has 0 bridgehead atoms. The van der Waals surface area contributed by atoms with E-state index < -0.39 is 0 Å². The van der Waals surface area contributed by atoms with Gasteiger partial charge in [-0.25, -0.2) is 4.98 Å². The van der Waals surface area contributed by atoms with Gasteiger partial charge >= 0.3 is 0 Å². The molecule has 0 aliphatic carbocycles. The normalized spacial score (nSPS) is 19.2. The average Bonchev–Trinajstić information content (AvgIpc) is 2.47. The van der Waals surface area contributed by atoms with Crippen molar-refractivity contribution >= 4 is 11.3 Å². The van der Waals surface area contributed by atoms with Gasteiger partial charge in [0.05, 0.1) is 10.7 Å². The molecule has 0 atom stereocenters. The predicted octanol–water partition coefficient (Wildman–Crippen LogP) is 2.65. The third-order valence-corrected chi connectivity index (χ3v) is 3.45. The van der Waals surface area contributed by atoms with Crippen molar-refractivity contribution in [2.24, 2.45) is 0 Å². The van der Waals surface area contributed by atoms with Crippen LogP contribution in [-0.4, -0.2) is 18.2 Å². The second-order valence-electron chi connectivity index (χ2n) is 3.56. The summed E-state index contributed by atoms with van der Waals surface area (Å²) in [6.07, 6.45) is 2.29. The lowest BCUT2D eigenvalue weighted by molar-refractivity contribution is 0.0845. The molecule has 1 saturated heterocycles. The Morgan fingerprint density at radius 3 is 2.54 bits per heavy atom. The third-order valence-electron chi connectivity index (χ3n) is 2.55.